The first-order valence-electron chi connectivity index (χ1n) is 6.00. The van der Waals surface area contributed by atoms with Crippen LogP contribution in [0.4, 0.5) is 0 Å². The summed E-state index contributed by atoms with van der Waals surface area (Å²) in [5, 5.41) is 9.04. The molecule has 3 aliphatic rings. The molecule has 0 aromatic rings. The molecule has 0 heterocycles. The van der Waals surface area contributed by atoms with Crippen LogP contribution in [0.25, 0.3) is 0 Å². The third kappa shape index (κ3) is 1.34. The van der Waals surface area contributed by atoms with Crippen LogP contribution in [0.15, 0.2) is 11.6 Å². The predicted molar refractivity (Wildman–Crippen MR) is 57.4 cm³/mol. The minimum atomic E-state index is -0.605. The fraction of sp³-hybridized carbons (Fsp3) is 0.769. The second-order valence-corrected chi connectivity index (χ2v) is 5.97. The first-order chi connectivity index (χ1) is 7.08. The van der Waals surface area contributed by atoms with Crippen molar-refractivity contribution in [2.45, 2.75) is 39.0 Å². The molecule has 0 aromatic heterocycles. The van der Waals surface area contributed by atoms with Crippen LogP contribution >= 0.6 is 0 Å². The van der Waals surface area contributed by atoms with Crippen molar-refractivity contribution in [1.29, 1.82) is 0 Å². The smallest absolute Gasteiger partial charge is 0.303 e. The quantitative estimate of drug-likeness (QED) is 0.705. The molecule has 3 aliphatic carbocycles. The standard InChI is InChI=1S/C13H18O2/c1-8-2-9-3-10-5-13(4-8,6-11(9)10)7-12(14)15/h2,8,10-11H,3-7H2,1H3,(H,14,15). The number of carbonyl (C=O) groups is 1. The molecule has 2 bridgehead atoms. The summed E-state index contributed by atoms with van der Waals surface area (Å²) in [6.07, 6.45) is 7.49. The van der Waals surface area contributed by atoms with Crippen molar-refractivity contribution < 1.29 is 9.90 Å². The van der Waals surface area contributed by atoms with Gasteiger partial charge in [-0.25, -0.2) is 0 Å². The molecule has 2 heteroatoms. The van der Waals surface area contributed by atoms with Gasteiger partial charge in [0, 0.05) is 0 Å². The largest absolute Gasteiger partial charge is 0.481 e. The Morgan fingerprint density at radius 3 is 3.07 bits per heavy atom. The maximum absolute atomic E-state index is 11.0. The van der Waals surface area contributed by atoms with Crippen molar-refractivity contribution in [3.05, 3.63) is 11.6 Å². The van der Waals surface area contributed by atoms with Crippen LogP contribution < -0.4 is 0 Å². The third-order valence-electron chi connectivity index (χ3n) is 4.67. The minimum absolute atomic E-state index is 0.134. The Kier molecular flexibility index (Phi) is 1.80. The number of carboxylic acid groups (broad SMARTS) is 1. The van der Waals surface area contributed by atoms with Gasteiger partial charge in [-0.2, -0.15) is 0 Å². The molecule has 0 radical (unpaired) electrons. The average molecular weight is 206 g/mol. The van der Waals surface area contributed by atoms with Gasteiger partial charge in [0.25, 0.3) is 0 Å². The Labute approximate surface area is 90.4 Å². The molecule has 2 nitrogen and oxygen atoms in total. The summed E-state index contributed by atoms with van der Waals surface area (Å²) < 4.78 is 0. The van der Waals surface area contributed by atoms with Crippen LogP contribution in [-0.2, 0) is 4.79 Å². The van der Waals surface area contributed by atoms with Gasteiger partial charge in [0.15, 0.2) is 0 Å². The van der Waals surface area contributed by atoms with Crippen LogP contribution in [0.2, 0.25) is 0 Å². The highest BCUT2D eigenvalue weighted by atomic mass is 16.4. The summed E-state index contributed by atoms with van der Waals surface area (Å²) in [4.78, 5) is 11.0. The molecule has 3 rings (SSSR count). The van der Waals surface area contributed by atoms with E-state index in [4.69, 9.17) is 5.11 Å². The van der Waals surface area contributed by atoms with Gasteiger partial charge in [0.05, 0.1) is 6.42 Å². The number of fused-ring (bicyclic) bond motifs is 1. The molecule has 15 heavy (non-hydrogen) atoms. The minimum Gasteiger partial charge on any atom is -0.481 e. The first kappa shape index (κ1) is 9.44. The van der Waals surface area contributed by atoms with E-state index >= 15 is 0 Å². The Hall–Kier alpha value is -0.790. The fourth-order valence-electron chi connectivity index (χ4n) is 4.36. The van der Waals surface area contributed by atoms with Crippen LogP contribution in [0.5, 0.6) is 0 Å². The lowest BCUT2D eigenvalue weighted by Crippen LogP contribution is -2.26. The number of aliphatic carboxylic acids is 1. The van der Waals surface area contributed by atoms with E-state index in [-0.39, 0.29) is 5.41 Å². The van der Waals surface area contributed by atoms with Crippen molar-refractivity contribution in [3.8, 4) is 0 Å². The van der Waals surface area contributed by atoms with Gasteiger partial charge in [0.1, 0.15) is 0 Å². The molecule has 0 saturated heterocycles. The Morgan fingerprint density at radius 1 is 1.53 bits per heavy atom. The molecule has 2 fully saturated rings. The third-order valence-corrected chi connectivity index (χ3v) is 4.67. The number of hydrogen-bond acceptors (Lipinski definition) is 1. The lowest BCUT2D eigenvalue weighted by Gasteiger charge is -2.36. The van der Waals surface area contributed by atoms with Crippen molar-refractivity contribution in [3.63, 3.8) is 0 Å². The number of carboxylic acids is 1. The highest BCUT2D eigenvalue weighted by Gasteiger charge is 2.53. The molecule has 0 aliphatic heterocycles. The summed E-state index contributed by atoms with van der Waals surface area (Å²) in [5.41, 5.74) is 1.77. The Balaban J connectivity index is 1.90. The summed E-state index contributed by atoms with van der Waals surface area (Å²) >= 11 is 0. The normalized spacial score (nSPS) is 46.7. The molecule has 0 amide bonds. The highest BCUT2D eigenvalue weighted by molar-refractivity contribution is 5.68. The molecule has 4 unspecified atom stereocenters. The molecular formula is C13H18O2. The average Bonchev–Trinajstić information content (AvgIpc) is 2.28. The van der Waals surface area contributed by atoms with Gasteiger partial charge in [-0.15, -0.1) is 0 Å². The molecule has 2 saturated carbocycles. The van der Waals surface area contributed by atoms with E-state index in [0.717, 1.165) is 24.7 Å². The Morgan fingerprint density at radius 2 is 2.33 bits per heavy atom. The number of hydrogen-bond donors (Lipinski definition) is 1. The molecule has 0 aromatic carbocycles. The van der Waals surface area contributed by atoms with Crippen LogP contribution in [-0.4, -0.2) is 11.1 Å². The lowest BCUT2D eigenvalue weighted by molar-refractivity contribution is -0.140. The van der Waals surface area contributed by atoms with Gasteiger partial charge < -0.3 is 5.11 Å². The van der Waals surface area contributed by atoms with Crippen LogP contribution in [0, 0.1) is 23.2 Å². The van der Waals surface area contributed by atoms with E-state index in [0.29, 0.717) is 12.3 Å². The topological polar surface area (TPSA) is 37.3 Å². The van der Waals surface area contributed by atoms with Gasteiger partial charge in [-0.05, 0) is 48.9 Å². The van der Waals surface area contributed by atoms with E-state index in [1.807, 2.05) is 0 Å². The zero-order valence-corrected chi connectivity index (χ0v) is 9.20. The molecule has 1 N–H and O–H groups in total. The van der Waals surface area contributed by atoms with E-state index < -0.39 is 5.97 Å². The maximum atomic E-state index is 11.0. The number of rotatable bonds is 2. The summed E-state index contributed by atoms with van der Waals surface area (Å²) in [6, 6.07) is 0. The van der Waals surface area contributed by atoms with Gasteiger partial charge in [-0.1, -0.05) is 18.6 Å². The summed E-state index contributed by atoms with van der Waals surface area (Å²) in [7, 11) is 0. The van der Waals surface area contributed by atoms with E-state index in [1.54, 1.807) is 5.57 Å². The van der Waals surface area contributed by atoms with Gasteiger partial charge in [0.2, 0.25) is 0 Å². The van der Waals surface area contributed by atoms with E-state index in [9.17, 15) is 4.79 Å². The van der Waals surface area contributed by atoms with Gasteiger partial charge >= 0.3 is 5.97 Å². The first-order valence-corrected chi connectivity index (χ1v) is 6.00. The zero-order valence-electron chi connectivity index (χ0n) is 9.20. The maximum Gasteiger partial charge on any atom is 0.303 e. The van der Waals surface area contributed by atoms with Crippen molar-refractivity contribution in [1.82, 2.24) is 0 Å². The lowest BCUT2D eigenvalue weighted by atomic mass is 9.69. The second kappa shape index (κ2) is 2.87. The second-order valence-electron chi connectivity index (χ2n) is 5.97. The molecule has 82 valence electrons. The zero-order chi connectivity index (χ0) is 10.6. The van der Waals surface area contributed by atoms with Crippen molar-refractivity contribution in [2.75, 3.05) is 0 Å². The van der Waals surface area contributed by atoms with Crippen molar-refractivity contribution in [2.24, 2.45) is 23.2 Å². The monoisotopic (exact) mass is 206 g/mol. The fourth-order valence-corrected chi connectivity index (χ4v) is 4.36. The van der Waals surface area contributed by atoms with Crippen molar-refractivity contribution >= 4 is 5.97 Å². The SMILES string of the molecule is CC1C=C2CC3CC(CC(=O)O)(C1)CC23. The van der Waals surface area contributed by atoms with Crippen LogP contribution in [0.1, 0.15) is 39.0 Å². The molecular weight excluding hydrogens is 188 g/mol. The molecule has 4 atom stereocenters. The highest BCUT2D eigenvalue weighted by Crippen LogP contribution is 2.63. The Bertz CT molecular complexity index is 344. The van der Waals surface area contributed by atoms with E-state index in [1.165, 1.54) is 12.8 Å². The summed E-state index contributed by atoms with van der Waals surface area (Å²) in [5.74, 6) is 1.56. The number of allylic oxidation sites excluding steroid dienone is 2. The molecule has 0 spiro atoms. The van der Waals surface area contributed by atoms with E-state index in [2.05, 4.69) is 13.0 Å². The summed E-state index contributed by atoms with van der Waals surface area (Å²) in [6.45, 7) is 2.24. The predicted octanol–water partition coefficient (Wildman–Crippen LogP) is 2.84. The van der Waals surface area contributed by atoms with Gasteiger partial charge in [-0.3, -0.25) is 4.79 Å². The van der Waals surface area contributed by atoms with Crippen LogP contribution in [0.3, 0.4) is 0 Å².